The minimum Gasteiger partial charge on any atom is -0.481 e. The molecule has 9 heteroatoms. The summed E-state index contributed by atoms with van der Waals surface area (Å²) in [7, 11) is 1.93. The first-order valence-electron chi connectivity index (χ1n) is 6.41. The van der Waals surface area contributed by atoms with Crippen LogP contribution in [0.4, 0.5) is 5.95 Å². The van der Waals surface area contributed by atoms with E-state index in [0.717, 1.165) is 16.6 Å². The molecule has 0 saturated heterocycles. The lowest BCUT2D eigenvalue weighted by atomic mass is 10.4. The summed E-state index contributed by atoms with van der Waals surface area (Å²) < 4.78 is 1.91. The summed E-state index contributed by atoms with van der Waals surface area (Å²) in [4.78, 5) is 17.1. The Labute approximate surface area is 131 Å². The zero-order valence-electron chi connectivity index (χ0n) is 12.1. The summed E-state index contributed by atoms with van der Waals surface area (Å²) in [6.45, 7) is 5.29. The third-order valence-corrected chi connectivity index (χ3v) is 4.52. The van der Waals surface area contributed by atoms with E-state index in [0.29, 0.717) is 18.2 Å². The minimum atomic E-state index is -0.862. The number of carboxylic acid groups (broad SMARTS) is 1. The average molecular weight is 327 g/mol. The van der Waals surface area contributed by atoms with E-state index in [-0.39, 0.29) is 5.75 Å². The van der Waals surface area contributed by atoms with Crippen molar-refractivity contribution in [2.45, 2.75) is 32.1 Å². The number of hydrogen-bond donors (Lipinski definition) is 1. The maximum atomic E-state index is 10.7. The van der Waals surface area contributed by atoms with Gasteiger partial charge in [-0.2, -0.15) is 0 Å². The van der Waals surface area contributed by atoms with Crippen LogP contribution in [-0.4, -0.2) is 43.6 Å². The number of thioether (sulfide) groups is 1. The highest BCUT2D eigenvalue weighted by Gasteiger charge is 2.16. The first-order valence-corrected chi connectivity index (χ1v) is 8.27. The molecule has 2 aromatic rings. The van der Waals surface area contributed by atoms with Crippen molar-refractivity contribution >= 4 is 35.0 Å². The average Bonchev–Trinajstić information content (AvgIpc) is 3.02. The van der Waals surface area contributed by atoms with Gasteiger partial charge in [-0.25, -0.2) is 4.98 Å². The number of thiazole rings is 1. The van der Waals surface area contributed by atoms with E-state index in [2.05, 4.69) is 15.2 Å². The molecule has 2 heterocycles. The minimum absolute atomic E-state index is 0.0207. The van der Waals surface area contributed by atoms with Gasteiger partial charge in [0, 0.05) is 19.0 Å². The van der Waals surface area contributed by atoms with Crippen molar-refractivity contribution in [2.24, 2.45) is 0 Å². The van der Waals surface area contributed by atoms with Gasteiger partial charge in [0.25, 0.3) is 0 Å². The Morgan fingerprint density at radius 1 is 1.52 bits per heavy atom. The number of hydrogen-bond acceptors (Lipinski definition) is 7. The van der Waals surface area contributed by atoms with E-state index >= 15 is 0 Å². The molecule has 1 N–H and O–H groups in total. The van der Waals surface area contributed by atoms with E-state index < -0.39 is 5.97 Å². The van der Waals surface area contributed by atoms with Crippen molar-refractivity contribution in [1.82, 2.24) is 19.7 Å². The quantitative estimate of drug-likeness (QED) is 0.777. The lowest BCUT2D eigenvalue weighted by Crippen LogP contribution is -2.21. The van der Waals surface area contributed by atoms with E-state index in [1.807, 2.05) is 35.7 Å². The zero-order chi connectivity index (χ0) is 15.4. The first-order chi connectivity index (χ1) is 10.0. The van der Waals surface area contributed by atoms with Crippen molar-refractivity contribution in [3.8, 4) is 0 Å². The maximum absolute atomic E-state index is 10.7. The van der Waals surface area contributed by atoms with E-state index in [1.54, 1.807) is 11.3 Å². The molecule has 0 bridgehead atoms. The Balaban J connectivity index is 2.13. The monoisotopic (exact) mass is 327 g/mol. The molecule has 0 aliphatic heterocycles. The van der Waals surface area contributed by atoms with Crippen molar-refractivity contribution in [3.05, 3.63) is 16.1 Å². The van der Waals surface area contributed by atoms with Crippen LogP contribution in [0.2, 0.25) is 0 Å². The molecule has 0 fully saturated rings. The molecule has 0 spiro atoms. The smallest absolute Gasteiger partial charge is 0.313 e. The normalized spacial score (nSPS) is 10.8. The van der Waals surface area contributed by atoms with Crippen LogP contribution in [0.1, 0.15) is 17.6 Å². The topological polar surface area (TPSA) is 84.1 Å². The van der Waals surface area contributed by atoms with Gasteiger partial charge in [0.15, 0.2) is 5.16 Å². The van der Waals surface area contributed by atoms with Gasteiger partial charge in [-0.1, -0.05) is 11.8 Å². The van der Waals surface area contributed by atoms with E-state index in [4.69, 9.17) is 5.11 Å². The predicted octanol–water partition coefficient (Wildman–Crippen LogP) is 1.88. The third-order valence-electron chi connectivity index (χ3n) is 2.75. The van der Waals surface area contributed by atoms with Crippen LogP contribution in [0.3, 0.4) is 0 Å². The molecule has 0 unspecified atom stereocenters. The molecule has 0 aromatic carbocycles. The number of anilines is 1. The molecular formula is C12H17N5O2S2. The molecular weight excluding hydrogens is 310 g/mol. The van der Waals surface area contributed by atoms with Crippen LogP contribution in [0.15, 0.2) is 10.5 Å². The molecule has 2 rings (SSSR count). The SMILES string of the molecule is CCn1c(SCC(=O)O)nnc1N(C)Cc1csc(C)n1. The molecule has 2 aromatic heterocycles. The molecule has 0 aliphatic carbocycles. The molecule has 7 nitrogen and oxygen atoms in total. The highest BCUT2D eigenvalue weighted by Crippen LogP contribution is 2.22. The third kappa shape index (κ3) is 3.94. The van der Waals surface area contributed by atoms with Gasteiger partial charge in [-0.15, -0.1) is 21.5 Å². The number of aliphatic carboxylic acids is 1. The van der Waals surface area contributed by atoms with Gasteiger partial charge < -0.3 is 10.0 Å². The summed E-state index contributed by atoms with van der Waals surface area (Å²) >= 11 is 2.80. The summed E-state index contributed by atoms with van der Waals surface area (Å²) in [5.41, 5.74) is 0.991. The van der Waals surface area contributed by atoms with Crippen LogP contribution in [0.25, 0.3) is 0 Å². The van der Waals surface area contributed by atoms with Gasteiger partial charge in [0.2, 0.25) is 5.95 Å². The summed E-state index contributed by atoms with van der Waals surface area (Å²) in [5, 5.41) is 20.7. The number of aryl methyl sites for hydroxylation is 1. The van der Waals surface area contributed by atoms with Crippen LogP contribution >= 0.6 is 23.1 Å². The molecule has 0 atom stereocenters. The maximum Gasteiger partial charge on any atom is 0.313 e. The van der Waals surface area contributed by atoms with Crippen LogP contribution < -0.4 is 4.90 Å². The summed E-state index contributed by atoms with van der Waals surface area (Å²) in [6.07, 6.45) is 0. The number of rotatable bonds is 7. The molecule has 0 aliphatic rings. The fraction of sp³-hybridized carbons (Fsp3) is 0.500. The van der Waals surface area contributed by atoms with Gasteiger partial charge in [-0.05, 0) is 13.8 Å². The fourth-order valence-corrected chi connectivity index (χ4v) is 3.19. The Morgan fingerprint density at radius 2 is 2.29 bits per heavy atom. The van der Waals surface area contributed by atoms with Gasteiger partial charge in [0.1, 0.15) is 0 Å². The Hall–Kier alpha value is -1.61. The standard InChI is InChI=1S/C12H17N5O2S2/c1-4-17-11(14-15-12(17)21-7-10(18)19)16(3)5-9-6-20-8(2)13-9/h6H,4-5,7H2,1-3H3,(H,18,19). The summed E-state index contributed by atoms with van der Waals surface area (Å²) in [6, 6.07) is 0. The molecule has 114 valence electrons. The lowest BCUT2D eigenvalue weighted by Gasteiger charge is -2.17. The molecule has 21 heavy (non-hydrogen) atoms. The molecule has 0 radical (unpaired) electrons. The van der Waals surface area contributed by atoms with Gasteiger partial charge in [0.05, 0.1) is 23.0 Å². The van der Waals surface area contributed by atoms with Gasteiger partial charge in [-0.3, -0.25) is 9.36 Å². The molecule has 0 saturated carbocycles. The highest BCUT2D eigenvalue weighted by atomic mass is 32.2. The second-order valence-electron chi connectivity index (χ2n) is 4.42. The number of carbonyl (C=O) groups is 1. The lowest BCUT2D eigenvalue weighted by molar-refractivity contribution is -0.133. The Morgan fingerprint density at radius 3 is 2.86 bits per heavy atom. The van der Waals surface area contributed by atoms with Gasteiger partial charge >= 0.3 is 5.97 Å². The van der Waals surface area contributed by atoms with Crippen molar-refractivity contribution in [2.75, 3.05) is 17.7 Å². The Bertz CT molecular complexity index is 625. The van der Waals surface area contributed by atoms with E-state index in [9.17, 15) is 4.79 Å². The second-order valence-corrected chi connectivity index (χ2v) is 6.43. The Kier molecular flexibility index (Phi) is 5.18. The predicted molar refractivity (Wildman–Crippen MR) is 83.0 cm³/mol. The van der Waals surface area contributed by atoms with Crippen molar-refractivity contribution in [3.63, 3.8) is 0 Å². The fourth-order valence-electron chi connectivity index (χ4n) is 1.87. The first kappa shape index (κ1) is 15.8. The van der Waals surface area contributed by atoms with Crippen LogP contribution in [0.5, 0.6) is 0 Å². The number of nitrogens with zero attached hydrogens (tertiary/aromatic N) is 5. The van der Waals surface area contributed by atoms with Crippen molar-refractivity contribution in [1.29, 1.82) is 0 Å². The van der Waals surface area contributed by atoms with Crippen molar-refractivity contribution < 1.29 is 9.90 Å². The van der Waals surface area contributed by atoms with Crippen LogP contribution in [-0.2, 0) is 17.9 Å². The second kappa shape index (κ2) is 6.90. The highest BCUT2D eigenvalue weighted by molar-refractivity contribution is 7.99. The summed E-state index contributed by atoms with van der Waals surface area (Å²) in [5.74, 6) is -0.165. The zero-order valence-corrected chi connectivity index (χ0v) is 13.7. The molecule has 0 amide bonds. The van der Waals surface area contributed by atoms with Crippen LogP contribution in [0, 0.1) is 6.92 Å². The largest absolute Gasteiger partial charge is 0.481 e. The number of aromatic nitrogens is 4. The van der Waals surface area contributed by atoms with E-state index in [1.165, 1.54) is 11.8 Å². The number of carboxylic acids is 1.